The lowest BCUT2D eigenvalue weighted by Gasteiger charge is -1.99. The SMILES string of the molecule is CCCCCCCCCCCC.[OH-]. The topological polar surface area (TPSA) is 30.0 Å². The average molecular weight is 187 g/mol. The normalized spacial score (nSPS) is 9.69. The van der Waals surface area contributed by atoms with Crippen molar-refractivity contribution in [3.05, 3.63) is 0 Å². The van der Waals surface area contributed by atoms with Gasteiger partial charge in [-0.2, -0.15) is 0 Å². The second-order valence-electron chi connectivity index (χ2n) is 3.83. The molecule has 0 bridgehead atoms. The van der Waals surface area contributed by atoms with E-state index in [1.54, 1.807) is 0 Å². The van der Waals surface area contributed by atoms with E-state index in [1.165, 1.54) is 64.2 Å². The Morgan fingerprint density at radius 2 is 0.692 bits per heavy atom. The number of hydrogen-bond donors (Lipinski definition) is 0. The van der Waals surface area contributed by atoms with Crippen molar-refractivity contribution in [3.63, 3.8) is 0 Å². The fraction of sp³-hybridized carbons (Fsp3) is 1.00. The van der Waals surface area contributed by atoms with Gasteiger partial charge < -0.3 is 5.48 Å². The number of unbranched alkanes of at least 4 members (excludes halogenated alkanes) is 9. The van der Waals surface area contributed by atoms with Crippen LogP contribution in [0.5, 0.6) is 0 Å². The fourth-order valence-electron chi connectivity index (χ4n) is 1.56. The van der Waals surface area contributed by atoms with E-state index in [0.29, 0.717) is 0 Å². The molecule has 0 spiro atoms. The molecule has 0 rings (SSSR count). The van der Waals surface area contributed by atoms with Crippen molar-refractivity contribution in [1.82, 2.24) is 0 Å². The molecule has 0 heterocycles. The lowest BCUT2D eigenvalue weighted by Crippen LogP contribution is -1.80. The molecule has 0 aromatic rings. The number of rotatable bonds is 9. The third-order valence-electron chi connectivity index (χ3n) is 2.46. The Morgan fingerprint density at radius 3 is 0.923 bits per heavy atom. The van der Waals surface area contributed by atoms with Gasteiger partial charge in [-0.05, 0) is 0 Å². The Labute approximate surface area is 84.2 Å². The lowest BCUT2D eigenvalue weighted by atomic mass is 10.1. The van der Waals surface area contributed by atoms with Gasteiger partial charge in [0.1, 0.15) is 0 Å². The van der Waals surface area contributed by atoms with Crippen LogP contribution in [0.4, 0.5) is 0 Å². The zero-order valence-electron chi connectivity index (χ0n) is 9.52. The van der Waals surface area contributed by atoms with Crippen molar-refractivity contribution in [3.8, 4) is 0 Å². The monoisotopic (exact) mass is 187 g/mol. The van der Waals surface area contributed by atoms with Crippen molar-refractivity contribution in [1.29, 1.82) is 0 Å². The molecule has 0 amide bonds. The van der Waals surface area contributed by atoms with Crippen LogP contribution < -0.4 is 0 Å². The van der Waals surface area contributed by atoms with Gasteiger partial charge in [0.25, 0.3) is 0 Å². The van der Waals surface area contributed by atoms with E-state index in [0.717, 1.165) is 0 Å². The van der Waals surface area contributed by atoms with Gasteiger partial charge in [0, 0.05) is 0 Å². The highest BCUT2D eigenvalue weighted by atomic mass is 16.0. The minimum absolute atomic E-state index is 0. The summed E-state index contributed by atoms with van der Waals surface area (Å²) in [4.78, 5) is 0. The second-order valence-corrected chi connectivity index (χ2v) is 3.83. The smallest absolute Gasteiger partial charge is 0.0533 e. The molecule has 1 N–H and O–H groups in total. The highest BCUT2D eigenvalue weighted by Gasteiger charge is 1.90. The van der Waals surface area contributed by atoms with Gasteiger partial charge in [-0.1, -0.05) is 78.1 Å². The summed E-state index contributed by atoms with van der Waals surface area (Å²) in [5, 5.41) is 0. The third-order valence-corrected chi connectivity index (χ3v) is 2.46. The van der Waals surface area contributed by atoms with E-state index in [-0.39, 0.29) is 5.48 Å². The van der Waals surface area contributed by atoms with Crippen molar-refractivity contribution in [2.75, 3.05) is 0 Å². The molecule has 13 heavy (non-hydrogen) atoms. The van der Waals surface area contributed by atoms with Crippen molar-refractivity contribution >= 4 is 0 Å². The highest BCUT2D eigenvalue weighted by molar-refractivity contribution is 4.45. The molecule has 0 aromatic heterocycles. The first-order chi connectivity index (χ1) is 5.91. The van der Waals surface area contributed by atoms with Crippen molar-refractivity contribution in [2.24, 2.45) is 0 Å². The third kappa shape index (κ3) is 14.8. The van der Waals surface area contributed by atoms with Gasteiger partial charge in [-0.25, -0.2) is 0 Å². The van der Waals surface area contributed by atoms with Gasteiger partial charge in [-0.15, -0.1) is 0 Å². The van der Waals surface area contributed by atoms with Crippen LogP contribution in [-0.4, -0.2) is 5.48 Å². The van der Waals surface area contributed by atoms with Gasteiger partial charge in [0.2, 0.25) is 0 Å². The Hall–Kier alpha value is -0.0400. The van der Waals surface area contributed by atoms with Crippen molar-refractivity contribution < 1.29 is 5.48 Å². The van der Waals surface area contributed by atoms with Gasteiger partial charge in [-0.3, -0.25) is 0 Å². The molecule has 0 saturated heterocycles. The maximum Gasteiger partial charge on any atom is -0.0533 e. The van der Waals surface area contributed by atoms with Crippen LogP contribution in [-0.2, 0) is 0 Å². The maximum absolute atomic E-state index is 2.28. The standard InChI is InChI=1S/C12H26.H2O/c1-3-5-7-9-11-12-10-8-6-4-2;/h3-12H2,1-2H3;1H2/p-1. The van der Waals surface area contributed by atoms with Crippen LogP contribution in [0.2, 0.25) is 0 Å². The molecule has 0 unspecified atom stereocenters. The molecule has 0 fully saturated rings. The number of hydrogen-bond acceptors (Lipinski definition) is 1. The van der Waals surface area contributed by atoms with Crippen LogP contribution in [0, 0.1) is 0 Å². The molecule has 1 heteroatoms. The molecule has 0 aliphatic heterocycles. The van der Waals surface area contributed by atoms with E-state index < -0.39 is 0 Å². The molecule has 0 aliphatic rings. The summed E-state index contributed by atoms with van der Waals surface area (Å²) in [5.74, 6) is 0. The van der Waals surface area contributed by atoms with E-state index in [1.807, 2.05) is 0 Å². The summed E-state index contributed by atoms with van der Waals surface area (Å²) in [7, 11) is 0. The van der Waals surface area contributed by atoms with Gasteiger partial charge >= 0.3 is 0 Å². The Morgan fingerprint density at radius 1 is 0.462 bits per heavy atom. The van der Waals surface area contributed by atoms with Crippen LogP contribution in [0.15, 0.2) is 0 Å². The fourth-order valence-corrected chi connectivity index (χ4v) is 1.56. The minimum Gasteiger partial charge on any atom is -0.870 e. The molecule has 0 aromatic carbocycles. The van der Waals surface area contributed by atoms with E-state index in [9.17, 15) is 0 Å². The first-order valence-corrected chi connectivity index (χ1v) is 5.91. The minimum atomic E-state index is 0. The quantitative estimate of drug-likeness (QED) is 0.479. The first kappa shape index (κ1) is 15.4. The van der Waals surface area contributed by atoms with Gasteiger partial charge in [0.15, 0.2) is 0 Å². The Kier molecular flexibility index (Phi) is 17.2. The molecular weight excluding hydrogens is 160 g/mol. The van der Waals surface area contributed by atoms with Gasteiger partial charge in [0.05, 0.1) is 0 Å². The molecule has 0 saturated carbocycles. The summed E-state index contributed by atoms with van der Waals surface area (Å²) in [6.07, 6.45) is 14.4. The Bertz CT molecular complexity index is 61.5. The van der Waals surface area contributed by atoms with Crippen LogP contribution in [0.25, 0.3) is 0 Å². The van der Waals surface area contributed by atoms with Crippen LogP contribution in [0.3, 0.4) is 0 Å². The molecule has 0 aliphatic carbocycles. The maximum atomic E-state index is 2.28. The summed E-state index contributed by atoms with van der Waals surface area (Å²) in [5.41, 5.74) is 0. The zero-order chi connectivity index (χ0) is 9.07. The predicted molar refractivity (Wildman–Crippen MR) is 59.5 cm³/mol. The van der Waals surface area contributed by atoms with Crippen molar-refractivity contribution in [2.45, 2.75) is 78.1 Å². The first-order valence-electron chi connectivity index (χ1n) is 5.91. The lowest BCUT2D eigenvalue weighted by molar-refractivity contribution is 0.562. The zero-order valence-corrected chi connectivity index (χ0v) is 9.52. The van der Waals surface area contributed by atoms with Crippen LogP contribution >= 0.6 is 0 Å². The summed E-state index contributed by atoms with van der Waals surface area (Å²) in [6.45, 7) is 4.56. The molecule has 82 valence electrons. The van der Waals surface area contributed by atoms with Crippen LogP contribution in [0.1, 0.15) is 78.1 Å². The average Bonchev–Trinajstić information content (AvgIpc) is 2.10. The largest absolute Gasteiger partial charge is 0.870 e. The summed E-state index contributed by atoms with van der Waals surface area (Å²) >= 11 is 0. The summed E-state index contributed by atoms with van der Waals surface area (Å²) in [6, 6.07) is 0. The highest BCUT2D eigenvalue weighted by Crippen LogP contribution is 2.09. The van der Waals surface area contributed by atoms with E-state index in [2.05, 4.69) is 13.8 Å². The molecule has 0 radical (unpaired) electrons. The molecule has 1 nitrogen and oxygen atoms in total. The Balaban J connectivity index is 0. The predicted octanol–water partition coefficient (Wildman–Crippen LogP) is 4.75. The molecular formula is C12H27O-. The second kappa shape index (κ2) is 14.5. The van der Waals surface area contributed by atoms with E-state index in [4.69, 9.17) is 0 Å². The molecule has 0 atom stereocenters. The van der Waals surface area contributed by atoms with E-state index >= 15 is 0 Å². The summed E-state index contributed by atoms with van der Waals surface area (Å²) < 4.78 is 0.